The highest BCUT2D eigenvalue weighted by Gasteiger charge is 2.82. The number of anilines is 1. The number of nitrogens with zero attached hydrogens (tertiary/aromatic N) is 6. The van der Waals surface area contributed by atoms with Crippen LogP contribution in [0.25, 0.3) is 21.6 Å². The Kier molecular flexibility index (Phi) is 3.87. The van der Waals surface area contributed by atoms with Crippen molar-refractivity contribution >= 4 is 16.7 Å². The maximum Gasteiger partial charge on any atom is 0.264 e. The molecule has 0 unspecified atom stereocenters. The number of aliphatic hydroxyl groups is 1. The van der Waals surface area contributed by atoms with Gasteiger partial charge in [0.2, 0.25) is 0 Å². The molecule has 1 spiro atoms. The third-order valence-electron chi connectivity index (χ3n) is 8.25. The molecule has 0 radical (unpaired) electrons. The summed E-state index contributed by atoms with van der Waals surface area (Å²) in [6.45, 7) is 14.6. The second kappa shape index (κ2) is 6.29. The average molecular weight is 429 g/mol. The number of benzene rings is 1. The van der Waals surface area contributed by atoms with Gasteiger partial charge in [0.15, 0.2) is 5.82 Å². The van der Waals surface area contributed by atoms with E-state index < -0.39 is 5.60 Å². The van der Waals surface area contributed by atoms with E-state index in [0.29, 0.717) is 0 Å². The third kappa shape index (κ3) is 2.65. The minimum Gasteiger partial charge on any atom is -0.390 e. The van der Waals surface area contributed by atoms with E-state index in [-0.39, 0.29) is 22.9 Å². The second-order valence-corrected chi connectivity index (χ2v) is 10.5. The minimum absolute atomic E-state index is 0.182. The van der Waals surface area contributed by atoms with Gasteiger partial charge in [0.25, 0.3) is 5.54 Å². The van der Waals surface area contributed by atoms with Crippen LogP contribution in [0.1, 0.15) is 52.0 Å². The first-order valence-electron chi connectivity index (χ1n) is 11.5. The van der Waals surface area contributed by atoms with Gasteiger partial charge >= 0.3 is 0 Å². The van der Waals surface area contributed by atoms with E-state index in [1.807, 2.05) is 30.8 Å². The van der Waals surface area contributed by atoms with Gasteiger partial charge in [-0.1, -0.05) is 12.1 Å². The van der Waals surface area contributed by atoms with Crippen molar-refractivity contribution in [2.24, 2.45) is 11.3 Å². The third-order valence-corrected chi connectivity index (χ3v) is 8.25. The number of aromatic nitrogens is 4. The van der Waals surface area contributed by atoms with Crippen molar-refractivity contribution in [2.75, 3.05) is 11.4 Å². The lowest BCUT2D eigenvalue weighted by atomic mass is 9.85. The molecule has 1 aliphatic heterocycles. The molecule has 0 bridgehead atoms. The molecule has 7 nitrogen and oxygen atoms in total. The summed E-state index contributed by atoms with van der Waals surface area (Å²) in [4.78, 5) is 15.4. The summed E-state index contributed by atoms with van der Waals surface area (Å²) in [5, 5.41) is 16.2. The summed E-state index contributed by atoms with van der Waals surface area (Å²) in [6, 6.07) is 8.48. The molecule has 7 heteroatoms. The lowest BCUT2D eigenvalue weighted by Gasteiger charge is -2.32. The number of fused-ring (bicyclic) bond motifs is 1. The van der Waals surface area contributed by atoms with Gasteiger partial charge < -0.3 is 14.9 Å². The van der Waals surface area contributed by atoms with Crippen LogP contribution >= 0.6 is 0 Å². The van der Waals surface area contributed by atoms with E-state index in [9.17, 15) is 5.11 Å². The van der Waals surface area contributed by atoms with Crippen LogP contribution in [0.2, 0.25) is 0 Å². The molecule has 2 aliphatic carbocycles. The molecule has 6 rings (SSSR count). The van der Waals surface area contributed by atoms with Crippen molar-refractivity contribution in [3.8, 4) is 5.82 Å². The van der Waals surface area contributed by atoms with Crippen molar-refractivity contribution in [1.82, 2.24) is 19.7 Å². The van der Waals surface area contributed by atoms with Crippen LogP contribution in [0.5, 0.6) is 0 Å². The van der Waals surface area contributed by atoms with Gasteiger partial charge in [0.1, 0.15) is 12.1 Å². The molecule has 1 aromatic carbocycles. The minimum atomic E-state index is -0.723. The molecule has 3 aromatic rings. The molecule has 3 atom stereocenters. The summed E-state index contributed by atoms with van der Waals surface area (Å²) in [7, 11) is 0. The lowest BCUT2D eigenvalue weighted by Crippen LogP contribution is -2.40. The van der Waals surface area contributed by atoms with Crippen molar-refractivity contribution in [3.05, 3.63) is 53.8 Å². The fourth-order valence-corrected chi connectivity index (χ4v) is 6.09. The number of hydrogen-bond acceptors (Lipinski definition) is 5. The quantitative estimate of drug-likeness (QED) is 0.634. The van der Waals surface area contributed by atoms with E-state index in [1.54, 1.807) is 6.33 Å². The Morgan fingerprint density at radius 1 is 1.19 bits per heavy atom. The largest absolute Gasteiger partial charge is 0.390 e. The highest BCUT2D eigenvalue weighted by Crippen LogP contribution is 2.79. The molecule has 1 N–H and O–H groups in total. The maximum absolute atomic E-state index is 10.5. The van der Waals surface area contributed by atoms with Gasteiger partial charge in [-0.3, -0.25) is 0 Å². The van der Waals surface area contributed by atoms with E-state index >= 15 is 0 Å². The number of rotatable bonds is 4. The van der Waals surface area contributed by atoms with Crippen molar-refractivity contribution in [2.45, 2.75) is 63.6 Å². The summed E-state index contributed by atoms with van der Waals surface area (Å²) < 4.78 is 1.86. The van der Waals surface area contributed by atoms with Gasteiger partial charge in [0.05, 0.1) is 22.7 Å². The van der Waals surface area contributed by atoms with Gasteiger partial charge in [-0.05, 0) is 46.1 Å². The van der Waals surface area contributed by atoms with Gasteiger partial charge in [-0.15, -0.1) is 0 Å². The Morgan fingerprint density at radius 2 is 1.97 bits per heavy atom. The fourth-order valence-electron chi connectivity index (χ4n) is 6.09. The molecule has 1 saturated heterocycles. The van der Waals surface area contributed by atoms with Crippen molar-refractivity contribution < 1.29 is 5.11 Å². The van der Waals surface area contributed by atoms with E-state index in [0.717, 1.165) is 47.5 Å². The summed E-state index contributed by atoms with van der Waals surface area (Å²) in [6.07, 6.45) is 7.69. The van der Waals surface area contributed by atoms with Crippen LogP contribution < -0.4 is 4.90 Å². The Bertz CT molecular complexity index is 1260. The lowest BCUT2D eigenvalue weighted by molar-refractivity contribution is 0.0156. The van der Waals surface area contributed by atoms with E-state index in [2.05, 4.69) is 49.9 Å². The molecule has 164 valence electrons. The monoisotopic (exact) mass is 428 g/mol. The summed E-state index contributed by atoms with van der Waals surface area (Å²) in [5.41, 5.74) is 1.25. The van der Waals surface area contributed by atoms with Crippen LogP contribution in [0.3, 0.4) is 0 Å². The predicted octanol–water partition coefficient (Wildman–Crippen LogP) is 4.10. The van der Waals surface area contributed by atoms with Crippen molar-refractivity contribution in [3.63, 3.8) is 0 Å². The SMILES string of the molecule is [C-]#[N+][C@]1(c2ccc3cnn(-c4cc(N5CC[C@H](C(C)(C)O)[C@H]5C)ncn4)c3c2)CC12CC2. The Labute approximate surface area is 187 Å². The smallest absolute Gasteiger partial charge is 0.264 e. The highest BCUT2D eigenvalue weighted by molar-refractivity contribution is 5.81. The van der Waals surface area contributed by atoms with Crippen LogP contribution in [-0.4, -0.2) is 43.0 Å². The second-order valence-electron chi connectivity index (χ2n) is 10.5. The van der Waals surface area contributed by atoms with Crippen LogP contribution in [-0.2, 0) is 5.54 Å². The first-order valence-corrected chi connectivity index (χ1v) is 11.5. The predicted molar refractivity (Wildman–Crippen MR) is 122 cm³/mol. The van der Waals surface area contributed by atoms with Gasteiger partial charge in [-0.25, -0.2) is 21.2 Å². The maximum atomic E-state index is 10.5. The van der Waals surface area contributed by atoms with Crippen LogP contribution in [0.15, 0.2) is 36.8 Å². The Morgan fingerprint density at radius 3 is 2.62 bits per heavy atom. The zero-order valence-electron chi connectivity index (χ0n) is 18.8. The normalized spacial score (nSPS) is 28.3. The highest BCUT2D eigenvalue weighted by atomic mass is 16.3. The topological polar surface area (TPSA) is 71.4 Å². The summed E-state index contributed by atoms with van der Waals surface area (Å²) >= 11 is 0. The average Bonchev–Trinajstić information content (AvgIpc) is 3.57. The van der Waals surface area contributed by atoms with Crippen LogP contribution in [0, 0.1) is 17.9 Å². The zero-order valence-corrected chi connectivity index (χ0v) is 18.8. The number of hydrogen-bond donors (Lipinski definition) is 1. The molecular formula is C25H28N6O. The van der Waals surface area contributed by atoms with Gasteiger partial charge in [0, 0.05) is 41.9 Å². The zero-order chi connectivity index (χ0) is 22.3. The standard InChI is InChI=1S/C25H28N6O/c1-16-19(23(2,3)32)7-10-30(16)21-12-22(28-15-27-21)31-20-11-18(6-5-17(20)13-29-31)25(26-4)14-24(25)8-9-24/h5-6,11-13,15-16,19,32H,7-10,14H2,1-3H3/t16-,19+,25+/m1/s1. The summed E-state index contributed by atoms with van der Waals surface area (Å²) in [5.74, 6) is 1.76. The molecule has 2 aromatic heterocycles. The molecule has 0 amide bonds. The fraction of sp³-hybridized carbons (Fsp3) is 0.520. The first-order chi connectivity index (χ1) is 15.3. The van der Waals surface area contributed by atoms with Crippen molar-refractivity contribution in [1.29, 1.82) is 0 Å². The molecule has 32 heavy (non-hydrogen) atoms. The van der Waals surface area contributed by atoms with Gasteiger partial charge in [-0.2, -0.15) is 5.10 Å². The molecule has 3 heterocycles. The van der Waals surface area contributed by atoms with E-state index in [4.69, 9.17) is 6.57 Å². The molecule has 2 saturated carbocycles. The molecule has 3 aliphatic rings. The Hall–Kier alpha value is -2.98. The van der Waals surface area contributed by atoms with Crippen LogP contribution in [0.4, 0.5) is 5.82 Å². The molecule has 3 fully saturated rings. The van der Waals surface area contributed by atoms with E-state index in [1.165, 1.54) is 12.8 Å². The first kappa shape index (κ1) is 19.7. The molecular weight excluding hydrogens is 400 g/mol. The Balaban J connectivity index is 1.37.